The average molecular weight is 213 g/mol. The molecule has 2 nitrogen and oxygen atoms in total. The number of para-hydroxylation sites is 1. The van der Waals surface area contributed by atoms with Gasteiger partial charge in [-0.3, -0.25) is 4.98 Å². The van der Waals surface area contributed by atoms with E-state index < -0.39 is 0 Å². The zero-order chi connectivity index (χ0) is 11.0. The third-order valence-corrected chi connectivity index (χ3v) is 3.52. The number of aromatic nitrogens is 1. The van der Waals surface area contributed by atoms with Gasteiger partial charge in [0.05, 0.1) is 11.6 Å². The molecule has 0 radical (unpaired) electrons. The summed E-state index contributed by atoms with van der Waals surface area (Å²) in [5, 5.41) is 11.1. The van der Waals surface area contributed by atoms with Crippen LogP contribution in [-0.2, 0) is 0 Å². The molecule has 3 rings (SSSR count). The fourth-order valence-electron chi connectivity index (χ4n) is 2.62. The Morgan fingerprint density at radius 1 is 1.19 bits per heavy atom. The van der Waals surface area contributed by atoms with Crippen LogP contribution in [0.2, 0.25) is 0 Å². The molecule has 1 N–H and O–H groups in total. The van der Waals surface area contributed by atoms with Gasteiger partial charge in [-0.25, -0.2) is 0 Å². The van der Waals surface area contributed by atoms with Crippen molar-refractivity contribution < 1.29 is 5.11 Å². The molecule has 1 aromatic carbocycles. The summed E-state index contributed by atoms with van der Waals surface area (Å²) in [7, 11) is 0. The summed E-state index contributed by atoms with van der Waals surface area (Å²) in [6.07, 6.45) is 4.88. The molecule has 1 aromatic heterocycles. The first-order valence-corrected chi connectivity index (χ1v) is 5.87. The van der Waals surface area contributed by atoms with Crippen LogP contribution in [0.25, 0.3) is 10.9 Å². The van der Waals surface area contributed by atoms with Crippen LogP contribution in [0, 0.1) is 0 Å². The van der Waals surface area contributed by atoms with Gasteiger partial charge in [0, 0.05) is 17.5 Å². The van der Waals surface area contributed by atoms with Crippen molar-refractivity contribution >= 4 is 10.9 Å². The fourth-order valence-corrected chi connectivity index (χ4v) is 2.62. The number of aliphatic hydroxyl groups is 1. The van der Waals surface area contributed by atoms with Gasteiger partial charge in [0.2, 0.25) is 0 Å². The van der Waals surface area contributed by atoms with Gasteiger partial charge >= 0.3 is 0 Å². The Bertz CT molecular complexity index is 509. The number of hydrogen-bond donors (Lipinski definition) is 1. The average Bonchev–Trinajstić information content (AvgIpc) is 2.75. The molecule has 1 fully saturated rings. The first-order valence-electron chi connectivity index (χ1n) is 5.87. The number of aliphatic hydroxyl groups excluding tert-OH is 1. The lowest BCUT2D eigenvalue weighted by molar-refractivity contribution is 0.164. The molecule has 0 saturated heterocycles. The topological polar surface area (TPSA) is 33.1 Å². The monoisotopic (exact) mass is 213 g/mol. The van der Waals surface area contributed by atoms with E-state index >= 15 is 0 Å². The largest absolute Gasteiger partial charge is 0.392 e. The summed E-state index contributed by atoms with van der Waals surface area (Å²) in [6, 6.07) is 10.3. The van der Waals surface area contributed by atoms with E-state index in [1.54, 1.807) is 0 Å². The quantitative estimate of drug-likeness (QED) is 0.790. The van der Waals surface area contributed by atoms with Gasteiger partial charge in [-0.2, -0.15) is 0 Å². The molecule has 2 unspecified atom stereocenters. The van der Waals surface area contributed by atoms with Crippen LogP contribution in [-0.4, -0.2) is 16.2 Å². The maximum atomic E-state index is 9.89. The van der Waals surface area contributed by atoms with E-state index in [1.807, 2.05) is 24.4 Å². The molecule has 2 heteroatoms. The van der Waals surface area contributed by atoms with Gasteiger partial charge in [-0.1, -0.05) is 24.6 Å². The lowest BCUT2D eigenvalue weighted by Crippen LogP contribution is -2.11. The van der Waals surface area contributed by atoms with E-state index in [-0.39, 0.29) is 12.0 Å². The standard InChI is InChI=1S/C14H15NO/c16-14-7-3-5-12(14)11-8-10-4-1-2-6-13(10)15-9-11/h1-2,4,6,8-9,12,14,16H,3,5,7H2. The molecule has 1 aliphatic rings. The van der Waals surface area contributed by atoms with Crippen molar-refractivity contribution in [3.63, 3.8) is 0 Å². The Morgan fingerprint density at radius 2 is 2.06 bits per heavy atom. The number of fused-ring (bicyclic) bond motifs is 1. The molecule has 0 aliphatic heterocycles. The summed E-state index contributed by atoms with van der Waals surface area (Å²) in [5.74, 6) is 0.289. The minimum absolute atomic E-state index is 0.178. The third-order valence-electron chi connectivity index (χ3n) is 3.52. The Kier molecular flexibility index (Phi) is 2.37. The van der Waals surface area contributed by atoms with Gasteiger partial charge < -0.3 is 5.11 Å². The highest BCUT2D eigenvalue weighted by Gasteiger charge is 2.26. The lowest BCUT2D eigenvalue weighted by atomic mass is 9.96. The molecule has 1 heterocycles. The van der Waals surface area contributed by atoms with Crippen LogP contribution in [0.4, 0.5) is 0 Å². The summed E-state index contributed by atoms with van der Waals surface area (Å²) in [6.45, 7) is 0. The maximum Gasteiger partial charge on any atom is 0.0702 e. The highest BCUT2D eigenvalue weighted by molar-refractivity contribution is 5.78. The second-order valence-corrected chi connectivity index (χ2v) is 4.57. The Hall–Kier alpha value is -1.41. The normalized spacial score (nSPS) is 25.1. The van der Waals surface area contributed by atoms with Gasteiger partial charge in [0.1, 0.15) is 0 Å². The minimum Gasteiger partial charge on any atom is -0.392 e. The van der Waals surface area contributed by atoms with Crippen LogP contribution < -0.4 is 0 Å². The summed E-state index contributed by atoms with van der Waals surface area (Å²) < 4.78 is 0. The van der Waals surface area contributed by atoms with Gasteiger partial charge in [-0.15, -0.1) is 0 Å². The second kappa shape index (κ2) is 3.87. The van der Waals surface area contributed by atoms with Crippen molar-refractivity contribution in [2.75, 3.05) is 0 Å². The number of nitrogens with zero attached hydrogens (tertiary/aromatic N) is 1. The van der Waals surface area contributed by atoms with Crippen molar-refractivity contribution in [1.29, 1.82) is 0 Å². The first-order chi connectivity index (χ1) is 7.84. The zero-order valence-corrected chi connectivity index (χ0v) is 9.13. The van der Waals surface area contributed by atoms with Crippen LogP contribution in [0.3, 0.4) is 0 Å². The first kappa shape index (κ1) is 9.79. The Labute approximate surface area is 94.9 Å². The van der Waals surface area contributed by atoms with Crippen LogP contribution in [0.1, 0.15) is 30.7 Å². The molecule has 82 valence electrons. The van der Waals surface area contributed by atoms with E-state index in [0.29, 0.717) is 0 Å². The number of rotatable bonds is 1. The van der Waals surface area contributed by atoms with Crippen molar-refractivity contribution in [1.82, 2.24) is 4.98 Å². The third kappa shape index (κ3) is 1.59. The van der Waals surface area contributed by atoms with Crippen LogP contribution >= 0.6 is 0 Å². The minimum atomic E-state index is -0.178. The summed E-state index contributed by atoms with van der Waals surface area (Å²) in [5.41, 5.74) is 2.21. The second-order valence-electron chi connectivity index (χ2n) is 4.57. The molecule has 0 spiro atoms. The van der Waals surface area contributed by atoms with Crippen LogP contribution in [0.15, 0.2) is 36.5 Å². The number of hydrogen-bond acceptors (Lipinski definition) is 2. The van der Waals surface area contributed by atoms with Crippen LogP contribution in [0.5, 0.6) is 0 Å². The van der Waals surface area contributed by atoms with E-state index in [9.17, 15) is 5.11 Å². The molecular formula is C14H15NO. The fraction of sp³-hybridized carbons (Fsp3) is 0.357. The number of pyridine rings is 1. The van der Waals surface area contributed by atoms with E-state index in [2.05, 4.69) is 17.1 Å². The van der Waals surface area contributed by atoms with Crippen molar-refractivity contribution in [2.45, 2.75) is 31.3 Å². The predicted molar refractivity (Wildman–Crippen MR) is 64.3 cm³/mol. The van der Waals surface area contributed by atoms with Crippen molar-refractivity contribution in [2.24, 2.45) is 0 Å². The molecule has 0 bridgehead atoms. The highest BCUT2D eigenvalue weighted by atomic mass is 16.3. The summed E-state index contributed by atoms with van der Waals surface area (Å²) in [4.78, 5) is 4.45. The molecular weight excluding hydrogens is 198 g/mol. The van der Waals surface area contributed by atoms with E-state index in [0.717, 1.165) is 24.8 Å². The maximum absolute atomic E-state index is 9.89. The van der Waals surface area contributed by atoms with E-state index in [1.165, 1.54) is 10.9 Å². The Morgan fingerprint density at radius 3 is 2.88 bits per heavy atom. The molecule has 1 aliphatic carbocycles. The summed E-state index contributed by atoms with van der Waals surface area (Å²) >= 11 is 0. The SMILES string of the molecule is OC1CCCC1c1cnc2ccccc2c1. The highest BCUT2D eigenvalue weighted by Crippen LogP contribution is 2.34. The van der Waals surface area contributed by atoms with Gasteiger partial charge in [-0.05, 0) is 30.5 Å². The van der Waals surface area contributed by atoms with Gasteiger partial charge in [0.25, 0.3) is 0 Å². The van der Waals surface area contributed by atoms with Crippen molar-refractivity contribution in [3.05, 3.63) is 42.1 Å². The molecule has 16 heavy (non-hydrogen) atoms. The molecule has 1 saturated carbocycles. The van der Waals surface area contributed by atoms with Gasteiger partial charge in [0.15, 0.2) is 0 Å². The zero-order valence-electron chi connectivity index (χ0n) is 9.13. The molecule has 2 aromatic rings. The van der Waals surface area contributed by atoms with E-state index in [4.69, 9.17) is 0 Å². The predicted octanol–water partition coefficient (Wildman–Crippen LogP) is 2.86. The van der Waals surface area contributed by atoms with Crippen molar-refractivity contribution in [3.8, 4) is 0 Å². The number of benzene rings is 1. The Balaban J connectivity index is 2.04. The lowest BCUT2D eigenvalue weighted by Gasteiger charge is -2.14. The molecule has 2 atom stereocenters. The smallest absolute Gasteiger partial charge is 0.0702 e. The molecule has 0 amide bonds.